The first-order chi connectivity index (χ1) is 9.38. The van der Waals surface area contributed by atoms with Crippen LogP contribution in [0.5, 0.6) is 0 Å². The van der Waals surface area contributed by atoms with Crippen molar-refractivity contribution in [3.8, 4) is 0 Å². The summed E-state index contributed by atoms with van der Waals surface area (Å²) in [7, 11) is 0. The molecule has 0 radical (unpaired) electrons. The average molecular weight is 285 g/mol. The van der Waals surface area contributed by atoms with E-state index in [9.17, 15) is 14.4 Å². The zero-order valence-corrected chi connectivity index (χ0v) is 11.8. The molecule has 1 rings (SSSR count). The number of rotatable bonds is 6. The lowest BCUT2D eigenvalue weighted by atomic mass is 9.83. The summed E-state index contributed by atoms with van der Waals surface area (Å²) in [5, 5.41) is 11.4. The molecule has 7 heteroatoms. The van der Waals surface area contributed by atoms with Gasteiger partial charge in [0.15, 0.2) is 0 Å². The highest BCUT2D eigenvalue weighted by Crippen LogP contribution is 2.27. The molecular weight excluding hydrogens is 262 g/mol. The lowest BCUT2D eigenvalue weighted by molar-refractivity contribution is -0.137. The Morgan fingerprint density at radius 2 is 1.80 bits per heavy atom. The van der Waals surface area contributed by atoms with Gasteiger partial charge in [-0.2, -0.15) is 0 Å². The fourth-order valence-corrected chi connectivity index (χ4v) is 2.43. The standard InChI is InChI=1S/C13H23N3O4/c1-9-2-4-10(5-3-9)6-15-13(20)16(7-11(14)17)8-12(18)19/h9-10H,2-8H2,1H3,(H2,14,17)(H,15,20)(H,18,19). The van der Waals surface area contributed by atoms with E-state index in [1.54, 1.807) is 0 Å². The highest BCUT2D eigenvalue weighted by Gasteiger charge is 2.22. The predicted octanol–water partition coefficient (Wildman–Crippen LogP) is 0.394. The van der Waals surface area contributed by atoms with Gasteiger partial charge in [-0.25, -0.2) is 4.79 Å². The minimum atomic E-state index is -1.17. The van der Waals surface area contributed by atoms with Gasteiger partial charge < -0.3 is 21.1 Å². The maximum absolute atomic E-state index is 11.9. The molecule has 20 heavy (non-hydrogen) atoms. The van der Waals surface area contributed by atoms with Gasteiger partial charge in [-0.3, -0.25) is 9.59 Å². The number of nitrogens with two attached hydrogens (primary N) is 1. The van der Waals surface area contributed by atoms with Crippen molar-refractivity contribution in [3.05, 3.63) is 0 Å². The molecular formula is C13H23N3O4. The first kappa shape index (κ1) is 16.3. The van der Waals surface area contributed by atoms with Crippen molar-refractivity contribution in [2.24, 2.45) is 17.6 Å². The molecule has 4 N–H and O–H groups in total. The van der Waals surface area contributed by atoms with E-state index in [2.05, 4.69) is 12.2 Å². The Hall–Kier alpha value is -1.79. The minimum Gasteiger partial charge on any atom is -0.480 e. The Morgan fingerprint density at radius 1 is 1.20 bits per heavy atom. The molecule has 0 aliphatic heterocycles. The number of primary amides is 1. The van der Waals surface area contributed by atoms with Crippen LogP contribution < -0.4 is 11.1 Å². The van der Waals surface area contributed by atoms with Crippen LogP contribution in [0.25, 0.3) is 0 Å². The zero-order valence-electron chi connectivity index (χ0n) is 11.8. The molecule has 1 saturated carbocycles. The Labute approximate surface area is 118 Å². The number of nitrogens with one attached hydrogen (secondary N) is 1. The molecule has 0 saturated heterocycles. The van der Waals surface area contributed by atoms with E-state index in [0.717, 1.165) is 36.5 Å². The van der Waals surface area contributed by atoms with Gasteiger partial charge in [0.05, 0.1) is 0 Å². The van der Waals surface area contributed by atoms with Crippen LogP contribution in [0.3, 0.4) is 0 Å². The Balaban J connectivity index is 2.40. The number of hydrogen-bond acceptors (Lipinski definition) is 3. The third-order valence-corrected chi connectivity index (χ3v) is 3.64. The Morgan fingerprint density at radius 3 is 2.30 bits per heavy atom. The van der Waals surface area contributed by atoms with Crippen LogP contribution in [0.2, 0.25) is 0 Å². The molecule has 7 nitrogen and oxygen atoms in total. The second-order valence-electron chi connectivity index (χ2n) is 5.53. The van der Waals surface area contributed by atoms with Crippen molar-refractivity contribution in [1.29, 1.82) is 0 Å². The van der Waals surface area contributed by atoms with Crippen molar-refractivity contribution >= 4 is 17.9 Å². The highest BCUT2D eigenvalue weighted by atomic mass is 16.4. The zero-order chi connectivity index (χ0) is 15.1. The third-order valence-electron chi connectivity index (χ3n) is 3.64. The van der Waals surface area contributed by atoms with Gasteiger partial charge in [0.1, 0.15) is 13.1 Å². The molecule has 114 valence electrons. The van der Waals surface area contributed by atoms with Gasteiger partial charge in [-0.05, 0) is 24.7 Å². The second kappa shape index (κ2) is 7.72. The van der Waals surface area contributed by atoms with E-state index in [1.165, 1.54) is 0 Å². The summed E-state index contributed by atoms with van der Waals surface area (Å²) >= 11 is 0. The number of hydrogen-bond donors (Lipinski definition) is 3. The lowest BCUT2D eigenvalue weighted by Crippen LogP contribution is -2.47. The van der Waals surface area contributed by atoms with Crippen LogP contribution in [-0.4, -0.2) is 47.5 Å². The van der Waals surface area contributed by atoms with Crippen LogP contribution in [-0.2, 0) is 9.59 Å². The van der Waals surface area contributed by atoms with Gasteiger partial charge in [0.25, 0.3) is 0 Å². The molecule has 3 amide bonds. The topological polar surface area (TPSA) is 113 Å². The lowest BCUT2D eigenvalue weighted by Gasteiger charge is -2.27. The number of nitrogens with zero attached hydrogens (tertiary/aromatic N) is 1. The smallest absolute Gasteiger partial charge is 0.323 e. The number of carboxylic acid groups (broad SMARTS) is 1. The molecule has 1 fully saturated rings. The largest absolute Gasteiger partial charge is 0.480 e. The predicted molar refractivity (Wildman–Crippen MR) is 72.9 cm³/mol. The Bertz CT molecular complexity index is 349. The summed E-state index contributed by atoms with van der Waals surface area (Å²) in [6.45, 7) is 1.81. The minimum absolute atomic E-state index is 0.389. The van der Waals surface area contributed by atoms with E-state index in [4.69, 9.17) is 10.8 Å². The highest BCUT2D eigenvalue weighted by molar-refractivity contribution is 5.85. The van der Waals surface area contributed by atoms with Crippen molar-refractivity contribution in [1.82, 2.24) is 10.2 Å². The monoisotopic (exact) mass is 285 g/mol. The first-order valence-electron chi connectivity index (χ1n) is 6.91. The van der Waals surface area contributed by atoms with E-state index in [-0.39, 0.29) is 6.54 Å². The molecule has 1 aliphatic carbocycles. The number of aliphatic carboxylic acids is 1. The molecule has 1 aliphatic rings. The van der Waals surface area contributed by atoms with E-state index in [1.807, 2.05) is 0 Å². The van der Waals surface area contributed by atoms with Crippen molar-refractivity contribution < 1.29 is 19.5 Å². The van der Waals surface area contributed by atoms with Gasteiger partial charge in [0, 0.05) is 6.54 Å². The molecule has 0 atom stereocenters. The Kier molecular flexibility index (Phi) is 6.27. The molecule has 0 unspecified atom stereocenters. The quantitative estimate of drug-likeness (QED) is 0.655. The summed E-state index contributed by atoms with van der Waals surface area (Å²) in [4.78, 5) is 34.3. The normalized spacial score (nSPS) is 22.1. The van der Waals surface area contributed by atoms with Gasteiger partial charge >= 0.3 is 12.0 Å². The average Bonchev–Trinajstić information content (AvgIpc) is 2.36. The van der Waals surface area contributed by atoms with Crippen LogP contribution >= 0.6 is 0 Å². The van der Waals surface area contributed by atoms with E-state index < -0.39 is 24.5 Å². The van der Waals surface area contributed by atoms with Gasteiger partial charge in [0.2, 0.25) is 5.91 Å². The molecule has 0 aromatic rings. The van der Waals surface area contributed by atoms with Crippen LogP contribution in [0.4, 0.5) is 4.79 Å². The van der Waals surface area contributed by atoms with Crippen LogP contribution in [0.15, 0.2) is 0 Å². The SMILES string of the molecule is CC1CCC(CNC(=O)N(CC(N)=O)CC(=O)O)CC1. The van der Waals surface area contributed by atoms with Gasteiger partial charge in [-0.15, -0.1) is 0 Å². The summed E-state index contributed by atoms with van der Waals surface area (Å²) in [6, 6.07) is -0.551. The number of urea groups is 1. The summed E-state index contributed by atoms with van der Waals surface area (Å²) in [5.41, 5.74) is 5.01. The maximum Gasteiger partial charge on any atom is 0.323 e. The van der Waals surface area contributed by atoms with Crippen molar-refractivity contribution in [2.45, 2.75) is 32.6 Å². The molecule has 0 bridgehead atoms. The van der Waals surface area contributed by atoms with E-state index in [0.29, 0.717) is 12.5 Å². The fraction of sp³-hybridized carbons (Fsp3) is 0.769. The summed E-state index contributed by atoms with van der Waals surface area (Å²) in [5.74, 6) is -0.739. The number of amides is 3. The molecule has 0 heterocycles. The summed E-state index contributed by atoms with van der Waals surface area (Å²) < 4.78 is 0. The maximum atomic E-state index is 11.9. The number of carboxylic acids is 1. The third kappa shape index (κ3) is 5.90. The van der Waals surface area contributed by atoms with Gasteiger partial charge in [-0.1, -0.05) is 19.8 Å². The summed E-state index contributed by atoms with van der Waals surface area (Å²) in [6.07, 6.45) is 4.44. The first-order valence-corrected chi connectivity index (χ1v) is 6.91. The molecule has 0 spiro atoms. The molecule has 0 aromatic heterocycles. The fourth-order valence-electron chi connectivity index (χ4n) is 2.43. The van der Waals surface area contributed by atoms with Crippen LogP contribution in [0, 0.1) is 11.8 Å². The second-order valence-corrected chi connectivity index (χ2v) is 5.53. The van der Waals surface area contributed by atoms with E-state index >= 15 is 0 Å². The molecule has 0 aromatic carbocycles. The number of carbonyl (C=O) groups excluding carboxylic acids is 2. The van der Waals surface area contributed by atoms with Crippen molar-refractivity contribution in [3.63, 3.8) is 0 Å². The van der Waals surface area contributed by atoms with Crippen LogP contribution in [0.1, 0.15) is 32.6 Å². The number of carbonyl (C=O) groups is 3. The van der Waals surface area contributed by atoms with Crippen molar-refractivity contribution in [2.75, 3.05) is 19.6 Å².